The van der Waals surface area contributed by atoms with Gasteiger partial charge in [-0.15, -0.1) is 0 Å². The highest BCUT2D eigenvalue weighted by Gasteiger charge is 2.41. The van der Waals surface area contributed by atoms with Crippen molar-refractivity contribution >= 4 is 17.7 Å². The van der Waals surface area contributed by atoms with E-state index in [1.807, 2.05) is 13.8 Å². The molecule has 20 heavy (non-hydrogen) atoms. The number of rotatable bonds is 7. The van der Waals surface area contributed by atoms with Crippen LogP contribution in [0.1, 0.15) is 47.0 Å². The van der Waals surface area contributed by atoms with Crippen LogP contribution in [0.3, 0.4) is 0 Å². The molecule has 6 nitrogen and oxygen atoms in total. The zero-order chi connectivity index (χ0) is 15.5. The van der Waals surface area contributed by atoms with Crippen molar-refractivity contribution in [2.75, 3.05) is 6.54 Å². The Balaban J connectivity index is 2.70. The second-order valence-electron chi connectivity index (χ2n) is 5.96. The molecule has 0 aromatic carbocycles. The van der Waals surface area contributed by atoms with Crippen LogP contribution in [-0.2, 0) is 14.4 Å². The molecule has 0 radical (unpaired) electrons. The van der Waals surface area contributed by atoms with E-state index in [0.29, 0.717) is 0 Å². The van der Waals surface area contributed by atoms with Crippen LogP contribution in [0, 0.1) is 5.41 Å². The molecule has 1 fully saturated rings. The highest BCUT2D eigenvalue weighted by atomic mass is 16.2. The second kappa shape index (κ2) is 6.35. The van der Waals surface area contributed by atoms with Crippen LogP contribution >= 0.6 is 0 Å². The monoisotopic (exact) mass is 283 g/mol. The number of imide groups is 1. The maximum atomic E-state index is 12.3. The molecule has 1 atom stereocenters. The summed E-state index contributed by atoms with van der Waals surface area (Å²) in [7, 11) is 0. The van der Waals surface area contributed by atoms with Gasteiger partial charge < -0.3 is 11.1 Å². The summed E-state index contributed by atoms with van der Waals surface area (Å²) < 4.78 is 0. The van der Waals surface area contributed by atoms with Gasteiger partial charge in [-0.25, -0.2) is 0 Å². The Morgan fingerprint density at radius 1 is 1.40 bits per heavy atom. The van der Waals surface area contributed by atoms with E-state index in [1.165, 1.54) is 4.90 Å². The van der Waals surface area contributed by atoms with E-state index in [1.54, 1.807) is 13.8 Å². The molecule has 114 valence electrons. The Kier molecular flexibility index (Phi) is 5.28. The highest BCUT2D eigenvalue weighted by Crippen LogP contribution is 2.21. The number of hydrogen-bond donors (Lipinski definition) is 2. The average Bonchev–Trinajstić information content (AvgIpc) is 2.65. The van der Waals surface area contributed by atoms with Crippen LogP contribution < -0.4 is 11.1 Å². The average molecular weight is 283 g/mol. The first kappa shape index (κ1) is 16.6. The number of nitrogens with zero attached hydrogens (tertiary/aromatic N) is 1. The highest BCUT2D eigenvalue weighted by molar-refractivity contribution is 6.05. The summed E-state index contributed by atoms with van der Waals surface area (Å²) in [4.78, 5) is 36.9. The molecule has 1 aliphatic rings. The molecule has 6 heteroatoms. The minimum absolute atomic E-state index is 0.0362. The molecule has 1 heterocycles. The predicted octanol–water partition coefficient (Wildman–Crippen LogP) is 0.404. The third kappa shape index (κ3) is 3.36. The largest absolute Gasteiger partial charge is 0.369 e. The van der Waals surface area contributed by atoms with Crippen molar-refractivity contribution in [3.63, 3.8) is 0 Å². The minimum Gasteiger partial charge on any atom is -0.369 e. The molecule has 0 bridgehead atoms. The van der Waals surface area contributed by atoms with Crippen LogP contribution in [0.4, 0.5) is 0 Å². The molecule has 3 amide bonds. The van der Waals surface area contributed by atoms with E-state index in [9.17, 15) is 14.4 Å². The standard InChI is InChI=1S/C14H25N3O3/c1-5-9(6-2)17-11(18)7-10(12(17)19)16-8-14(3,4)13(15)20/h9-10,16H,5-8H2,1-4H3,(H2,15,20). The minimum atomic E-state index is -0.744. The molecule has 0 aromatic rings. The summed E-state index contributed by atoms with van der Waals surface area (Å²) in [6, 6.07) is -0.576. The van der Waals surface area contributed by atoms with Gasteiger partial charge in [0, 0.05) is 12.6 Å². The lowest BCUT2D eigenvalue weighted by atomic mass is 9.92. The van der Waals surface area contributed by atoms with Gasteiger partial charge in [0.05, 0.1) is 17.9 Å². The molecule has 1 saturated heterocycles. The number of carbonyl (C=O) groups is 3. The number of nitrogens with one attached hydrogen (secondary N) is 1. The molecule has 1 unspecified atom stereocenters. The fraction of sp³-hybridized carbons (Fsp3) is 0.786. The van der Waals surface area contributed by atoms with Gasteiger partial charge >= 0.3 is 0 Å². The van der Waals surface area contributed by atoms with Gasteiger partial charge in [0.2, 0.25) is 17.7 Å². The Morgan fingerprint density at radius 2 is 1.95 bits per heavy atom. The van der Waals surface area contributed by atoms with Crippen LogP contribution in [0.15, 0.2) is 0 Å². The topological polar surface area (TPSA) is 92.5 Å². The number of likely N-dealkylation sites (tertiary alicyclic amines) is 1. The summed E-state index contributed by atoms with van der Waals surface area (Å²) in [6.07, 6.45) is 1.67. The summed E-state index contributed by atoms with van der Waals surface area (Å²) in [5.74, 6) is -0.763. The van der Waals surface area contributed by atoms with E-state index in [-0.39, 0.29) is 30.8 Å². The van der Waals surface area contributed by atoms with Gasteiger partial charge in [-0.2, -0.15) is 0 Å². The number of amides is 3. The van der Waals surface area contributed by atoms with Crippen molar-refractivity contribution in [2.24, 2.45) is 11.1 Å². The van der Waals surface area contributed by atoms with Crippen molar-refractivity contribution in [3.8, 4) is 0 Å². The summed E-state index contributed by atoms with van der Waals surface area (Å²) in [6.45, 7) is 7.63. The number of primary amides is 1. The van der Waals surface area contributed by atoms with E-state index < -0.39 is 17.4 Å². The first-order valence-corrected chi connectivity index (χ1v) is 7.13. The lowest BCUT2D eigenvalue weighted by Gasteiger charge is -2.25. The van der Waals surface area contributed by atoms with Crippen LogP contribution in [-0.4, -0.2) is 41.2 Å². The molecular formula is C14H25N3O3. The Morgan fingerprint density at radius 3 is 2.40 bits per heavy atom. The molecule has 1 rings (SSSR count). The summed E-state index contributed by atoms with van der Waals surface area (Å²) >= 11 is 0. The quantitative estimate of drug-likeness (QED) is 0.662. The maximum absolute atomic E-state index is 12.3. The SMILES string of the molecule is CCC(CC)N1C(=O)CC(NCC(C)(C)C(N)=O)C1=O. The molecule has 0 aromatic heterocycles. The Bertz CT molecular complexity index is 402. The van der Waals surface area contributed by atoms with E-state index in [0.717, 1.165) is 12.8 Å². The zero-order valence-electron chi connectivity index (χ0n) is 12.7. The molecule has 3 N–H and O–H groups in total. The summed E-state index contributed by atoms with van der Waals surface area (Å²) in [5, 5.41) is 3.00. The van der Waals surface area contributed by atoms with Gasteiger partial charge in [-0.05, 0) is 26.7 Å². The third-order valence-corrected chi connectivity index (χ3v) is 3.95. The van der Waals surface area contributed by atoms with E-state index in [2.05, 4.69) is 5.32 Å². The van der Waals surface area contributed by atoms with Crippen molar-refractivity contribution in [1.82, 2.24) is 10.2 Å². The lowest BCUT2D eigenvalue weighted by Crippen LogP contribution is -2.48. The molecule has 0 spiro atoms. The lowest BCUT2D eigenvalue weighted by molar-refractivity contribution is -0.142. The fourth-order valence-electron chi connectivity index (χ4n) is 2.31. The first-order chi connectivity index (χ1) is 9.24. The fourth-order valence-corrected chi connectivity index (χ4v) is 2.31. The third-order valence-electron chi connectivity index (χ3n) is 3.95. The van der Waals surface area contributed by atoms with Crippen LogP contribution in [0.2, 0.25) is 0 Å². The normalized spacial score (nSPS) is 20.1. The van der Waals surface area contributed by atoms with Gasteiger partial charge in [0.1, 0.15) is 0 Å². The second-order valence-corrected chi connectivity index (χ2v) is 5.96. The molecule has 1 aliphatic heterocycles. The predicted molar refractivity (Wildman–Crippen MR) is 75.6 cm³/mol. The smallest absolute Gasteiger partial charge is 0.247 e. The first-order valence-electron chi connectivity index (χ1n) is 7.13. The maximum Gasteiger partial charge on any atom is 0.247 e. The van der Waals surface area contributed by atoms with Gasteiger partial charge in [-0.1, -0.05) is 13.8 Å². The van der Waals surface area contributed by atoms with Crippen molar-refractivity contribution in [1.29, 1.82) is 0 Å². The van der Waals surface area contributed by atoms with E-state index in [4.69, 9.17) is 5.73 Å². The van der Waals surface area contributed by atoms with Crippen LogP contribution in [0.25, 0.3) is 0 Å². The van der Waals surface area contributed by atoms with E-state index >= 15 is 0 Å². The molecule has 0 saturated carbocycles. The number of nitrogens with two attached hydrogens (primary N) is 1. The van der Waals surface area contributed by atoms with Gasteiger partial charge in [0.15, 0.2) is 0 Å². The number of hydrogen-bond acceptors (Lipinski definition) is 4. The van der Waals surface area contributed by atoms with Crippen molar-refractivity contribution in [3.05, 3.63) is 0 Å². The Hall–Kier alpha value is -1.43. The molecule has 0 aliphatic carbocycles. The van der Waals surface area contributed by atoms with Crippen molar-refractivity contribution < 1.29 is 14.4 Å². The Labute approximate surface area is 120 Å². The number of carbonyl (C=O) groups excluding carboxylic acids is 3. The summed E-state index contributed by atoms with van der Waals surface area (Å²) in [5.41, 5.74) is 4.55. The van der Waals surface area contributed by atoms with Crippen molar-refractivity contribution in [2.45, 2.75) is 59.0 Å². The van der Waals surface area contributed by atoms with Gasteiger partial charge in [0.25, 0.3) is 0 Å². The van der Waals surface area contributed by atoms with Gasteiger partial charge in [-0.3, -0.25) is 19.3 Å². The zero-order valence-corrected chi connectivity index (χ0v) is 12.7. The molecular weight excluding hydrogens is 258 g/mol. The van der Waals surface area contributed by atoms with Crippen LogP contribution in [0.5, 0.6) is 0 Å².